The molecule has 0 amide bonds. The van der Waals surface area contributed by atoms with E-state index in [0.717, 1.165) is 0 Å². The fourth-order valence-electron chi connectivity index (χ4n) is 1.90. The lowest BCUT2D eigenvalue weighted by Gasteiger charge is -2.01. The number of benzene rings is 1. The number of fused-ring (bicyclic) bond motifs is 1. The molecular formula is C13H6Cl2FN3O. The summed E-state index contributed by atoms with van der Waals surface area (Å²) in [5.41, 5.74) is 1.03. The molecule has 100 valence electrons. The van der Waals surface area contributed by atoms with E-state index < -0.39 is 5.82 Å². The summed E-state index contributed by atoms with van der Waals surface area (Å²) in [4.78, 5) is 23.0. The van der Waals surface area contributed by atoms with Crippen LogP contribution < -0.4 is 0 Å². The van der Waals surface area contributed by atoms with Gasteiger partial charge in [0.2, 0.25) is 5.28 Å². The molecule has 0 fully saturated rings. The summed E-state index contributed by atoms with van der Waals surface area (Å²) in [6.45, 7) is 0. The molecule has 0 unspecified atom stereocenters. The predicted octanol–water partition coefficient (Wildman–Crippen LogP) is 3.63. The fourth-order valence-corrected chi connectivity index (χ4v) is 2.38. The quantitative estimate of drug-likeness (QED) is 0.447. The van der Waals surface area contributed by atoms with Crippen molar-refractivity contribution in [1.29, 1.82) is 0 Å². The number of aromatic nitrogens is 3. The van der Waals surface area contributed by atoms with Crippen LogP contribution in [0.3, 0.4) is 0 Å². The number of aromatic amines is 1. The van der Waals surface area contributed by atoms with Gasteiger partial charge in [0.15, 0.2) is 5.78 Å². The van der Waals surface area contributed by atoms with Gasteiger partial charge >= 0.3 is 0 Å². The Balaban J connectivity index is 2.15. The first kappa shape index (κ1) is 13.0. The van der Waals surface area contributed by atoms with Crippen molar-refractivity contribution in [3.05, 3.63) is 57.8 Å². The van der Waals surface area contributed by atoms with Gasteiger partial charge in [-0.05, 0) is 35.9 Å². The zero-order chi connectivity index (χ0) is 14.3. The highest BCUT2D eigenvalue weighted by Gasteiger charge is 2.18. The number of H-pyrrole nitrogens is 1. The zero-order valence-electron chi connectivity index (χ0n) is 9.82. The molecule has 0 aliphatic rings. The predicted molar refractivity (Wildman–Crippen MR) is 73.7 cm³/mol. The molecule has 20 heavy (non-hydrogen) atoms. The molecule has 0 bridgehead atoms. The number of rotatable bonds is 2. The Kier molecular flexibility index (Phi) is 3.16. The van der Waals surface area contributed by atoms with Crippen molar-refractivity contribution in [3.63, 3.8) is 0 Å². The normalized spacial score (nSPS) is 10.9. The number of nitrogens with one attached hydrogen (secondary N) is 1. The average molecular weight is 310 g/mol. The SMILES string of the molecule is O=C(c1ccc(F)cc1)c1c[nH]c2nc(Cl)nc(Cl)c12. The van der Waals surface area contributed by atoms with Crippen molar-refractivity contribution in [1.82, 2.24) is 15.0 Å². The molecule has 0 atom stereocenters. The molecular weight excluding hydrogens is 304 g/mol. The van der Waals surface area contributed by atoms with Crippen molar-refractivity contribution in [3.8, 4) is 0 Å². The lowest BCUT2D eigenvalue weighted by molar-refractivity contribution is 0.104. The van der Waals surface area contributed by atoms with E-state index in [9.17, 15) is 9.18 Å². The van der Waals surface area contributed by atoms with Gasteiger partial charge in [-0.15, -0.1) is 0 Å². The van der Waals surface area contributed by atoms with Crippen LogP contribution in [0.15, 0.2) is 30.5 Å². The average Bonchev–Trinajstić information content (AvgIpc) is 2.82. The first-order valence-corrected chi connectivity index (χ1v) is 6.32. The summed E-state index contributed by atoms with van der Waals surface area (Å²) in [6, 6.07) is 5.25. The van der Waals surface area contributed by atoms with Crippen LogP contribution in [0.1, 0.15) is 15.9 Å². The zero-order valence-corrected chi connectivity index (χ0v) is 11.3. The maximum absolute atomic E-state index is 12.9. The molecule has 2 heterocycles. The van der Waals surface area contributed by atoms with Crippen molar-refractivity contribution in [2.24, 2.45) is 0 Å². The van der Waals surface area contributed by atoms with Crippen LogP contribution >= 0.6 is 23.2 Å². The van der Waals surface area contributed by atoms with E-state index >= 15 is 0 Å². The van der Waals surface area contributed by atoms with Crippen LogP contribution in [0, 0.1) is 5.82 Å². The molecule has 1 N–H and O–H groups in total. The fraction of sp³-hybridized carbons (Fsp3) is 0. The van der Waals surface area contributed by atoms with Crippen LogP contribution in [-0.2, 0) is 0 Å². The Morgan fingerprint density at radius 1 is 1.15 bits per heavy atom. The summed E-state index contributed by atoms with van der Waals surface area (Å²) in [5, 5.41) is 0.474. The summed E-state index contributed by atoms with van der Waals surface area (Å²) in [7, 11) is 0. The topological polar surface area (TPSA) is 58.6 Å². The lowest BCUT2D eigenvalue weighted by Crippen LogP contribution is -2.01. The van der Waals surface area contributed by atoms with Gasteiger partial charge in [-0.3, -0.25) is 4.79 Å². The minimum Gasteiger partial charge on any atom is -0.345 e. The third-order valence-electron chi connectivity index (χ3n) is 2.81. The maximum atomic E-state index is 12.9. The van der Waals surface area contributed by atoms with E-state index in [1.165, 1.54) is 30.5 Å². The summed E-state index contributed by atoms with van der Waals surface area (Å²) in [5.74, 6) is -0.710. The van der Waals surface area contributed by atoms with E-state index in [1.807, 2.05) is 0 Å². The standard InChI is InChI=1S/C13H6Cl2FN3O/c14-11-9-8(5-17-12(9)19-13(15)18-11)10(20)6-1-3-7(16)4-2-6/h1-5H,(H,17,18,19). The molecule has 3 aromatic rings. The molecule has 3 rings (SSSR count). The van der Waals surface area contributed by atoms with E-state index in [1.54, 1.807) is 0 Å². The Bertz CT molecular complexity index is 814. The van der Waals surface area contributed by atoms with E-state index in [0.29, 0.717) is 22.2 Å². The van der Waals surface area contributed by atoms with Gasteiger partial charge in [-0.1, -0.05) is 11.6 Å². The Hall–Kier alpha value is -1.98. The van der Waals surface area contributed by atoms with Gasteiger partial charge in [0.05, 0.1) is 10.9 Å². The molecule has 0 spiro atoms. The number of hydrogen-bond donors (Lipinski definition) is 1. The Morgan fingerprint density at radius 3 is 2.55 bits per heavy atom. The maximum Gasteiger partial charge on any atom is 0.225 e. The molecule has 2 aromatic heterocycles. The van der Waals surface area contributed by atoms with Crippen molar-refractivity contribution in [2.45, 2.75) is 0 Å². The summed E-state index contributed by atoms with van der Waals surface area (Å²) in [6.07, 6.45) is 1.48. The molecule has 0 saturated carbocycles. The van der Waals surface area contributed by atoms with Crippen LogP contribution in [0.2, 0.25) is 10.4 Å². The van der Waals surface area contributed by atoms with Crippen LogP contribution in [0.5, 0.6) is 0 Å². The smallest absolute Gasteiger partial charge is 0.225 e. The second-order valence-corrected chi connectivity index (χ2v) is 4.74. The molecule has 0 aliphatic heterocycles. The third kappa shape index (κ3) is 2.15. The number of halogens is 3. The van der Waals surface area contributed by atoms with Gasteiger partial charge in [0, 0.05) is 11.8 Å². The molecule has 4 nitrogen and oxygen atoms in total. The second-order valence-electron chi connectivity index (χ2n) is 4.05. The van der Waals surface area contributed by atoms with Crippen LogP contribution in [-0.4, -0.2) is 20.7 Å². The molecule has 0 radical (unpaired) electrons. The van der Waals surface area contributed by atoms with Gasteiger partial charge in [0.1, 0.15) is 16.6 Å². The van der Waals surface area contributed by atoms with Gasteiger partial charge in [0.25, 0.3) is 0 Å². The van der Waals surface area contributed by atoms with Crippen LogP contribution in [0.4, 0.5) is 4.39 Å². The number of carbonyl (C=O) groups is 1. The first-order valence-electron chi connectivity index (χ1n) is 5.56. The van der Waals surface area contributed by atoms with Crippen LogP contribution in [0.25, 0.3) is 11.0 Å². The van der Waals surface area contributed by atoms with Gasteiger partial charge < -0.3 is 4.98 Å². The number of carbonyl (C=O) groups excluding carboxylic acids is 1. The molecule has 0 aliphatic carbocycles. The first-order chi connectivity index (χ1) is 9.56. The van der Waals surface area contributed by atoms with E-state index in [-0.39, 0.29) is 16.2 Å². The summed E-state index contributed by atoms with van der Waals surface area (Å²) < 4.78 is 12.9. The Morgan fingerprint density at radius 2 is 1.85 bits per heavy atom. The minimum atomic E-state index is -0.409. The third-order valence-corrected chi connectivity index (χ3v) is 3.25. The minimum absolute atomic E-state index is 0.00914. The van der Waals surface area contributed by atoms with E-state index in [4.69, 9.17) is 23.2 Å². The molecule has 0 saturated heterocycles. The second kappa shape index (κ2) is 4.85. The number of hydrogen-bond acceptors (Lipinski definition) is 3. The largest absolute Gasteiger partial charge is 0.345 e. The van der Waals surface area contributed by atoms with Crippen molar-refractivity contribution < 1.29 is 9.18 Å². The highest BCUT2D eigenvalue weighted by Crippen LogP contribution is 2.27. The number of nitrogens with zero attached hydrogens (tertiary/aromatic N) is 2. The monoisotopic (exact) mass is 309 g/mol. The lowest BCUT2D eigenvalue weighted by atomic mass is 10.0. The van der Waals surface area contributed by atoms with Crippen molar-refractivity contribution in [2.75, 3.05) is 0 Å². The molecule has 7 heteroatoms. The van der Waals surface area contributed by atoms with Gasteiger partial charge in [-0.25, -0.2) is 9.37 Å². The summed E-state index contributed by atoms with van der Waals surface area (Å²) >= 11 is 11.7. The number of ketones is 1. The highest BCUT2D eigenvalue weighted by molar-refractivity contribution is 6.37. The highest BCUT2D eigenvalue weighted by atomic mass is 35.5. The van der Waals surface area contributed by atoms with Crippen molar-refractivity contribution >= 4 is 40.0 Å². The molecule has 1 aromatic carbocycles. The Labute approximate surface area is 122 Å². The van der Waals surface area contributed by atoms with E-state index in [2.05, 4.69) is 15.0 Å². The van der Waals surface area contributed by atoms with Gasteiger partial charge in [-0.2, -0.15) is 4.98 Å².